The fraction of sp³-hybridized carbons (Fsp3) is 0.316. The molecular formula is C19H24Cl2N4O3. The molecule has 1 aromatic heterocycles. The second-order valence-electron chi connectivity index (χ2n) is 6.24. The van der Waals surface area contributed by atoms with Crippen LogP contribution in [-0.4, -0.2) is 36.1 Å². The monoisotopic (exact) mass is 426 g/mol. The van der Waals surface area contributed by atoms with Gasteiger partial charge in [-0.15, -0.1) is 24.8 Å². The van der Waals surface area contributed by atoms with Crippen molar-refractivity contribution in [3.05, 3.63) is 54.4 Å². The molecule has 0 aliphatic carbocycles. The van der Waals surface area contributed by atoms with Gasteiger partial charge in [0.05, 0.1) is 17.9 Å². The van der Waals surface area contributed by atoms with Crippen molar-refractivity contribution in [2.24, 2.45) is 11.7 Å². The van der Waals surface area contributed by atoms with E-state index in [2.05, 4.69) is 15.6 Å². The Kier molecular flexibility index (Phi) is 9.89. The highest BCUT2D eigenvalue weighted by Crippen LogP contribution is 2.19. The number of aromatic nitrogens is 1. The van der Waals surface area contributed by atoms with Crippen LogP contribution >= 0.6 is 24.8 Å². The van der Waals surface area contributed by atoms with Gasteiger partial charge < -0.3 is 21.1 Å². The smallest absolute Gasteiger partial charge is 0.255 e. The van der Waals surface area contributed by atoms with Gasteiger partial charge in [-0.05, 0) is 55.2 Å². The van der Waals surface area contributed by atoms with E-state index in [9.17, 15) is 9.59 Å². The van der Waals surface area contributed by atoms with Gasteiger partial charge in [0, 0.05) is 30.7 Å². The van der Waals surface area contributed by atoms with E-state index in [1.54, 1.807) is 48.8 Å². The molecule has 1 unspecified atom stereocenters. The summed E-state index contributed by atoms with van der Waals surface area (Å²) in [5.41, 5.74) is 7.78. The molecule has 9 heteroatoms. The van der Waals surface area contributed by atoms with E-state index >= 15 is 0 Å². The topological polar surface area (TPSA) is 106 Å². The number of benzene rings is 1. The number of amides is 2. The molecule has 0 radical (unpaired) electrons. The van der Waals surface area contributed by atoms with Crippen molar-refractivity contribution in [1.82, 2.24) is 4.98 Å². The third-order valence-corrected chi connectivity index (χ3v) is 4.41. The minimum Gasteiger partial charge on any atom is -0.381 e. The van der Waals surface area contributed by atoms with Crippen LogP contribution in [0, 0.1) is 5.92 Å². The molecule has 152 valence electrons. The molecule has 2 aromatic rings. The summed E-state index contributed by atoms with van der Waals surface area (Å²) in [6, 6.07) is 9.63. The van der Waals surface area contributed by atoms with Crippen LogP contribution in [0.4, 0.5) is 11.4 Å². The fourth-order valence-corrected chi connectivity index (χ4v) is 2.86. The molecule has 1 aliphatic rings. The molecule has 1 aromatic carbocycles. The number of ether oxygens (including phenoxy) is 1. The molecule has 1 atom stereocenters. The van der Waals surface area contributed by atoms with Gasteiger partial charge in [-0.3, -0.25) is 14.6 Å². The van der Waals surface area contributed by atoms with E-state index in [-0.39, 0.29) is 42.5 Å². The first-order valence-corrected chi connectivity index (χ1v) is 8.59. The Balaban J connectivity index is 0.00000196. The van der Waals surface area contributed by atoms with E-state index in [4.69, 9.17) is 10.5 Å². The van der Waals surface area contributed by atoms with Gasteiger partial charge in [0.2, 0.25) is 5.91 Å². The van der Waals surface area contributed by atoms with Crippen molar-refractivity contribution in [3.63, 3.8) is 0 Å². The van der Waals surface area contributed by atoms with Crippen LogP contribution in [-0.2, 0) is 9.53 Å². The Labute approximate surface area is 176 Å². The molecule has 2 amide bonds. The first kappa shape index (κ1) is 23.8. The molecule has 0 saturated carbocycles. The van der Waals surface area contributed by atoms with E-state index < -0.39 is 6.04 Å². The van der Waals surface area contributed by atoms with Gasteiger partial charge in [-0.25, -0.2) is 0 Å². The Bertz CT molecular complexity index is 754. The van der Waals surface area contributed by atoms with E-state index in [0.717, 1.165) is 12.8 Å². The number of nitrogens with zero attached hydrogens (tertiary/aromatic N) is 1. The Hall–Kier alpha value is -2.19. The normalized spacial score (nSPS) is 14.8. The average Bonchev–Trinajstić information content (AvgIpc) is 2.69. The summed E-state index contributed by atoms with van der Waals surface area (Å²) in [5, 5.41) is 5.57. The maximum atomic E-state index is 12.3. The van der Waals surface area contributed by atoms with Crippen molar-refractivity contribution in [2.75, 3.05) is 23.8 Å². The van der Waals surface area contributed by atoms with Crippen molar-refractivity contribution >= 4 is 48.0 Å². The minimum atomic E-state index is -0.563. The van der Waals surface area contributed by atoms with Crippen molar-refractivity contribution in [3.8, 4) is 0 Å². The van der Waals surface area contributed by atoms with Gasteiger partial charge in [0.1, 0.15) is 0 Å². The largest absolute Gasteiger partial charge is 0.381 e. The third kappa shape index (κ3) is 6.45. The molecule has 2 heterocycles. The second kappa shape index (κ2) is 11.6. The van der Waals surface area contributed by atoms with Crippen LogP contribution in [0.15, 0.2) is 48.8 Å². The maximum absolute atomic E-state index is 12.3. The highest BCUT2D eigenvalue weighted by Gasteiger charge is 2.26. The van der Waals surface area contributed by atoms with E-state index in [1.807, 2.05) is 0 Å². The minimum absolute atomic E-state index is 0. The molecule has 4 N–H and O–H groups in total. The molecular weight excluding hydrogens is 403 g/mol. The molecule has 28 heavy (non-hydrogen) atoms. The molecule has 0 spiro atoms. The molecule has 1 saturated heterocycles. The maximum Gasteiger partial charge on any atom is 0.255 e. The number of carbonyl (C=O) groups is 2. The summed E-state index contributed by atoms with van der Waals surface area (Å²) in [4.78, 5) is 28.5. The molecule has 1 fully saturated rings. The van der Waals surface area contributed by atoms with E-state index in [1.165, 1.54) is 0 Å². The molecule has 0 bridgehead atoms. The van der Waals surface area contributed by atoms with Crippen LogP contribution in [0.5, 0.6) is 0 Å². The SMILES string of the molecule is Cl.Cl.NC(C(=O)Nc1ccc(C(=O)Nc2cccnc2)cc1)C1CCOCC1. The Morgan fingerprint density at radius 3 is 2.32 bits per heavy atom. The quantitative estimate of drug-likeness (QED) is 0.681. The Morgan fingerprint density at radius 2 is 1.71 bits per heavy atom. The number of carbonyl (C=O) groups excluding carboxylic acids is 2. The number of anilines is 2. The predicted octanol–water partition coefficient (Wildman–Crippen LogP) is 2.87. The average molecular weight is 427 g/mol. The number of hydrogen-bond acceptors (Lipinski definition) is 5. The first-order valence-electron chi connectivity index (χ1n) is 8.59. The zero-order valence-electron chi connectivity index (χ0n) is 15.2. The van der Waals surface area contributed by atoms with Crippen LogP contribution in [0.3, 0.4) is 0 Å². The van der Waals surface area contributed by atoms with Gasteiger partial charge in [-0.2, -0.15) is 0 Å². The Morgan fingerprint density at radius 1 is 1.04 bits per heavy atom. The van der Waals surface area contributed by atoms with Crippen molar-refractivity contribution in [1.29, 1.82) is 0 Å². The molecule has 7 nitrogen and oxygen atoms in total. The number of hydrogen-bond donors (Lipinski definition) is 3. The number of halogens is 2. The lowest BCUT2D eigenvalue weighted by molar-refractivity contribution is -0.119. The van der Waals surface area contributed by atoms with Crippen LogP contribution in [0.1, 0.15) is 23.2 Å². The zero-order valence-corrected chi connectivity index (χ0v) is 16.8. The number of nitrogens with one attached hydrogen (secondary N) is 2. The van der Waals surface area contributed by atoms with Gasteiger partial charge in [-0.1, -0.05) is 0 Å². The van der Waals surface area contributed by atoms with Crippen molar-refractivity contribution < 1.29 is 14.3 Å². The predicted molar refractivity (Wildman–Crippen MR) is 113 cm³/mol. The summed E-state index contributed by atoms with van der Waals surface area (Å²) in [6.45, 7) is 1.29. The molecule has 1 aliphatic heterocycles. The summed E-state index contributed by atoms with van der Waals surface area (Å²) < 4.78 is 5.30. The van der Waals surface area contributed by atoms with Crippen LogP contribution in [0.25, 0.3) is 0 Å². The van der Waals surface area contributed by atoms with Crippen molar-refractivity contribution in [2.45, 2.75) is 18.9 Å². The molecule has 3 rings (SSSR count). The summed E-state index contributed by atoms with van der Waals surface area (Å²) in [6.07, 6.45) is 4.80. The lowest BCUT2D eigenvalue weighted by Gasteiger charge is -2.26. The lowest BCUT2D eigenvalue weighted by Crippen LogP contribution is -2.44. The number of rotatable bonds is 5. The third-order valence-electron chi connectivity index (χ3n) is 4.41. The lowest BCUT2D eigenvalue weighted by atomic mass is 9.92. The van der Waals surface area contributed by atoms with Gasteiger partial charge in [0.25, 0.3) is 5.91 Å². The highest BCUT2D eigenvalue weighted by atomic mass is 35.5. The van der Waals surface area contributed by atoms with Gasteiger partial charge in [0.15, 0.2) is 0 Å². The van der Waals surface area contributed by atoms with Gasteiger partial charge >= 0.3 is 0 Å². The zero-order chi connectivity index (χ0) is 18.4. The van der Waals surface area contributed by atoms with E-state index in [0.29, 0.717) is 30.2 Å². The summed E-state index contributed by atoms with van der Waals surface area (Å²) in [5.74, 6) is -0.326. The fourth-order valence-electron chi connectivity index (χ4n) is 2.86. The number of pyridine rings is 1. The standard InChI is InChI=1S/C19H22N4O3.2ClH/c20-17(13-7-10-26-11-8-13)19(25)22-15-5-3-14(4-6-15)18(24)23-16-2-1-9-21-12-16;;/h1-6,9,12-13,17H,7-8,10-11,20H2,(H,22,25)(H,23,24);2*1H. The van der Waals surface area contributed by atoms with Crippen LogP contribution in [0.2, 0.25) is 0 Å². The second-order valence-corrected chi connectivity index (χ2v) is 6.24. The van der Waals surface area contributed by atoms with Crippen LogP contribution < -0.4 is 16.4 Å². The summed E-state index contributed by atoms with van der Waals surface area (Å²) in [7, 11) is 0. The first-order chi connectivity index (χ1) is 12.6. The highest BCUT2D eigenvalue weighted by molar-refractivity contribution is 6.04. The number of nitrogens with two attached hydrogens (primary N) is 1. The summed E-state index contributed by atoms with van der Waals surface area (Å²) >= 11 is 0.